The maximum atomic E-state index is 10.0. The van der Waals surface area contributed by atoms with Crippen LogP contribution in [0.15, 0.2) is 0 Å². The lowest BCUT2D eigenvalue weighted by atomic mass is 10.6. The second-order valence-electron chi connectivity index (χ2n) is 1.15. The average Bonchev–Trinajstić information content (AvgIpc) is 1.82. The molecule has 1 amide bonds. The van der Waals surface area contributed by atoms with Gasteiger partial charge in [-0.05, 0) is 0 Å². The van der Waals surface area contributed by atoms with Gasteiger partial charge in [0.15, 0.2) is 0 Å². The summed E-state index contributed by atoms with van der Waals surface area (Å²) in [5.74, 6) is -2.73. The highest BCUT2D eigenvalue weighted by atomic mass is 16.4. The van der Waals surface area contributed by atoms with Crippen molar-refractivity contribution < 1.29 is 14.7 Å². The van der Waals surface area contributed by atoms with Gasteiger partial charge in [-0.25, -0.2) is 4.79 Å². The van der Waals surface area contributed by atoms with E-state index in [2.05, 4.69) is 0 Å². The second kappa shape index (κ2) is 3.43. The molecule has 0 aliphatic heterocycles. The van der Waals surface area contributed by atoms with E-state index in [0.717, 1.165) is 0 Å². The van der Waals surface area contributed by atoms with Crippen molar-refractivity contribution in [1.82, 2.24) is 5.32 Å². The van der Waals surface area contributed by atoms with Crippen LogP contribution in [0.4, 0.5) is 0 Å². The Bertz CT molecular complexity index is 169. The van der Waals surface area contributed by atoms with Crippen molar-refractivity contribution in [3.63, 3.8) is 0 Å². The van der Waals surface area contributed by atoms with Crippen molar-refractivity contribution in [3.05, 3.63) is 0 Å². The first kappa shape index (κ1) is 7.43. The van der Waals surface area contributed by atoms with E-state index in [1.54, 1.807) is 6.07 Å². The molecule has 0 fully saturated rings. The number of nitrogens with zero attached hydrogens (tertiary/aromatic N) is 1. The minimum atomic E-state index is -1.58. The molecule has 48 valence electrons. The maximum absolute atomic E-state index is 10.0. The molecule has 0 spiro atoms. The summed E-state index contributed by atoms with van der Waals surface area (Å²) in [5, 5.41) is 17.6. The number of nitriles is 1. The lowest BCUT2D eigenvalue weighted by Crippen LogP contribution is -2.30. The molecule has 5 nitrogen and oxygen atoms in total. The van der Waals surface area contributed by atoms with Crippen LogP contribution in [0.25, 0.3) is 0 Å². The zero-order valence-electron chi connectivity index (χ0n) is 4.42. The van der Waals surface area contributed by atoms with Gasteiger partial charge < -0.3 is 10.4 Å². The zero-order valence-corrected chi connectivity index (χ0v) is 4.42. The Labute approximate surface area is 50.9 Å². The molecule has 0 rings (SSSR count). The summed E-state index contributed by atoms with van der Waals surface area (Å²) < 4.78 is 0. The normalized spacial score (nSPS) is 7.44. The van der Waals surface area contributed by atoms with Gasteiger partial charge in [0.05, 0.1) is 6.07 Å². The molecule has 0 atom stereocenters. The molecule has 0 saturated heterocycles. The minimum absolute atomic E-state index is 0.273. The first-order valence-corrected chi connectivity index (χ1v) is 2.06. The fourth-order valence-corrected chi connectivity index (χ4v) is 0.195. The summed E-state index contributed by atoms with van der Waals surface area (Å²) in [5.41, 5.74) is 0. The Morgan fingerprint density at radius 1 is 1.67 bits per heavy atom. The molecule has 5 heteroatoms. The van der Waals surface area contributed by atoms with E-state index in [4.69, 9.17) is 10.4 Å². The van der Waals surface area contributed by atoms with E-state index in [1.165, 1.54) is 0 Å². The van der Waals surface area contributed by atoms with Crippen LogP contribution in [0.2, 0.25) is 0 Å². The summed E-state index contributed by atoms with van der Waals surface area (Å²) in [6.45, 7) is -0.273. The third-order valence-electron chi connectivity index (χ3n) is 0.522. The van der Waals surface area contributed by atoms with Gasteiger partial charge in [0.2, 0.25) is 0 Å². The molecule has 0 bridgehead atoms. The maximum Gasteiger partial charge on any atom is 0.394 e. The summed E-state index contributed by atoms with van der Waals surface area (Å²) in [6, 6.07) is 1.56. The number of hydrogen-bond donors (Lipinski definition) is 2. The SMILES string of the molecule is N#CCNC(=O)C(=O)O. The average molecular weight is 128 g/mol. The van der Waals surface area contributed by atoms with Crippen LogP contribution >= 0.6 is 0 Å². The Hall–Kier alpha value is -1.57. The first-order chi connectivity index (χ1) is 4.18. The fraction of sp³-hybridized carbons (Fsp3) is 0.250. The number of nitrogens with one attached hydrogen (secondary N) is 1. The Balaban J connectivity index is 3.55. The Morgan fingerprint density at radius 2 is 2.22 bits per heavy atom. The third kappa shape index (κ3) is 3.05. The van der Waals surface area contributed by atoms with Crippen LogP contribution in [0, 0.1) is 11.3 Å². The molecular weight excluding hydrogens is 124 g/mol. The van der Waals surface area contributed by atoms with Crippen molar-refractivity contribution in [2.75, 3.05) is 6.54 Å². The molecule has 0 heterocycles. The summed E-state index contributed by atoms with van der Waals surface area (Å²) in [6.07, 6.45) is 0. The van der Waals surface area contributed by atoms with Crippen LogP contribution in [0.5, 0.6) is 0 Å². The molecule has 0 unspecified atom stereocenters. The van der Waals surface area contributed by atoms with E-state index < -0.39 is 11.9 Å². The molecule has 0 aromatic heterocycles. The van der Waals surface area contributed by atoms with Crippen molar-refractivity contribution in [2.45, 2.75) is 0 Å². The highest BCUT2D eigenvalue weighted by Gasteiger charge is 2.07. The third-order valence-corrected chi connectivity index (χ3v) is 0.522. The summed E-state index contributed by atoms with van der Waals surface area (Å²) in [4.78, 5) is 19.7. The van der Waals surface area contributed by atoms with Gasteiger partial charge in [0.1, 0.15) is 6.54 Å². The van der Waals surface area contributed by atoms with E-state index in [0.29, 0.717) is 0 Å². The molecule has 0 aliphatic carbocycles. The minimum Gasteiger partial charge on any atom is -0.474 e. The number of carboxylic acid groups (broad SMARTS) is 1. The van der Waals surface area contributed by atoms with Crippen molar-refractivity contribution >= 4 is 11.9 Å². The van der Waals surface area contributed by atoms with Gasteiger partial charge in [-0.15, -0.1) is 0 Å². The Morgan fingerprint density at radius 3 is 2.56 bits per heavy atom. The van der Waals surface area contributed by atoms with Gasteiger partial charge in [-0.3, -0.25) is 4.79 Å². The molecular formula is C4H4N2O3. The molecule has 0 aromatic rings. The highest BCUT2D eigenvalue weighted by Crippen LogP contribution is 1.62. The molecule has 0 radical (unpaired) electrons. The summed E-state index contributed by atoms with van der Waals surface area (Å²) >= 11 is 0. The van der Waals surface area contributed by atoms with E-state index in [1.807, 2.05) is 5.32 Å². The van der Waals surface area contributed by atoms with E-state index in [-0.39, 0.29) is 6.54 Å². The first-order valence-electron chi connectivity index (χ1n) is 2.06. The monoisotopic (exact) mass is 128 g/mol. The van der Waals surface area contributed by atoms with Crippen LogP contribution in [-0.4, -0.2) is 23.5 Å². The van der Waals surface area contributed by atoms with Crippen LogP contribution in [0.3, 0.4) is 0 Å². The predicted octanol–water partition coefficient (Wildman–Crippen LogP) is -1.29. The quantitative estimate of drug-likeness (QED) is 0.339. The van der Waals surface area contributed by atoms with Crippen LogP contribution in [0.1, 0.15) is 0 Å². The molecule has 9 heavy (non-hydrogen) atoms. The summed E-state index contributed by atoms with van der Waals surface area (Å²) in [7, 11) is 0. The topological polar surface area (TPSA) is 90.2 Å². The fourth-order valence-electron chi connectivity index (χ4n) is 0.195. The lowest BCUT2D eigenvalue weighted by molar-refractivity contribution is -0.150. The zero-order chi connectivity index (χ0) is 7.28. The number of carboxylic acids is 1. The van der Waals surface area contributed by atoms with Crippen molar-refractivity contribution in [1.29, 1.82) is 5.26 Å². The van der Waals surface area contributed by atoms with Crippen molar-refractivity contribution in [3.8, 4) is 6.07 Å². The number of rotatable bonds is 1. The van der Waals surface area contributed by atoms with Gasteiger partial charge in [-0.2, -0.15) is 5.26 Å². The lowest BCUT2D eigenvalue weighted by Gasteiger charge is -1.90. The number of carbonyl (C=O) groups excluding carboxylic acids is 1. The van der Waals surface area contributed by atoms with E-state index in [9.17, 15) is 9.59 Å². The number of carbonyl (C=O) groups is 2. The van der Waals surface area contributed by atoms with Crippen LogP contribution < -0.4 is 5.32 Å². The van der Waals surface area contributed by atoms with E-state index >= 15 is 0 Å². The standard InChI is InChI=1S/C4H4N2O3/c5-1-2-6-3(7)4(8)9/h2H2,(H,6,7)(H,8,9). The highest BCUT2D eigenvalue weighted by molar-refractivity contribution is 6.31. The number of amides is 1. The number of aliphatic carboxylic acids is 1. The molecule has 0 aliphatic rings. The van der Waals surface area contributed by atoms with Gasteiger partial charge >= 0.3 is 11.9 Å². The van der Waals surface area contributed by atoms with Gasteiger partial charge in [0.25, 0.3) is 0 Å². The predicted molar refractivity (Wildman–Crippen MR) is 26.3 cm³/mol. The molecule has 2 N–H and O–H groups in total. The van der Waals surface area contributed by atoms with Crippen LogP contribution in [-0.2, 0) is 9.59 Å². The smallest absolute Gasteiger partial charge is 0.394 e. The number of hydrogen-bond acceptors (Lipinski definition) is 3. The van der Waals surface area contributed by atoms with Gasteiger partial charge in [0, 0.05) is 0 Å². The van der Waals surface area contributed by atoms with Crippen molar-refractivity contribution in [2.24, 2.45) is 0 Å². The Kier molecular flexibility index (Phi) is 2.84. The van der Waals surface area contributed by atoms with Gasteiger partial charge in [-0.1, -0.05) is 0 Å². The molecule has 0 aromatic carbocycles. The largest absolute Gasteiger partial charge is 0.474 e. The second-order valence-corrected chi connectivity index (χ2v) is 1.15. The molecule has 0 saturated carbocycles.